The van der Waals surface area contributed by atoms with Crippen LogP contribution in [0.3, 0.4) is 0 Å². The standard InChI is InChI=1S/C23H28N4O3/c1-15-18-6-7-19(24-23(18)26(2)25-15)16-5-4-8-27(13-16)14-17-11-21-22(12-20(17)28-3)30-10-9-29-21/h6-7,11-12,16H,4-5,8-10,13-14H2,1-3H3. The number of hydrogen-bond acceptors (Lipinski definition) is 6. The molecule has 0 spiro atoms. The van der Waals surface area contributed by atoms with E-state index in [0.29, 0.717) is 19.1 Å². The quantitative estimate of drug-likeness (QED) is 0.659. The Hall–Kier alpha value is -2.80. The van der Waals surface area contributed by atoms with Gasteiger partial charge in [0.15, 0.2) is 17.1 Å². The van der Waals surface area contributed by atoms with Gasteiger partial charge in [0.05, 0.1) is 12.8 Å². The van der Waals surface area contributed by atoms with Crippen molar-refractivity contribution in [3.63, 3.8) is 0 Å². The molecule has 3 aromatic rings. The van der Waals surface area contributed by atoms with Gasteiger partial charge in [-0.25, -0.2) is 4.98 Å². The van der Waals surface area contributed by atoms with Crippen molar-refractivity contribution < 1.29 is 14.2 Å². The predicted octanol–water partition coefficient (Wildman–Crippen LogP) is 3.44. The van der Waals surface area contributed by atoms with Gasteiger partial charge in [-0.3, -0.25) is 9.58 Å². The second-order valence-electron chi connectivity index (χ2n) is 8.20. The number of benzene rings is 1. The Morgan fingerprint density at radius 1 is 1.17 bits per heavy atom. The Bertz CT molecular complexity index is 1080. The highest BCUT2D eigenvalue weighted by atomic mass is 16.6. The minimum Gasteiger partial charge on any atom is -0.496 e. The second-order valence-corrected chi connectivity index (χ2v) is 8.20. The Morgan fingerprint density at radius 3 is 2.77 bits per heavy atom. The molecule has 5 rings (SSSR count). The van der Waals surface area contributed by atoms with Gasteiger partial charge in [0, 0.05) is 48.8 Å². The molecule has 7 nitrogen and oxygen atoms in total. The van der Waals surface area contributed by atoms with Crippen LogP contribution in [0.4, 0.5) is 0 Å². The molecule has 1 fully saturated rings. The zero-order valence-electron chi connectivity index (χ0n) is 17.9. The van der Waals surface area contributed by atoms with Crippen molar-refractivity contribution in [1.29, 1.82) is 0 Å². The number of piperidine rings is 1. The number of aromatic nitrogens is 3. The third-order valence-electron chi connectivity index (χ3n) is 6.16. The number of pyridine rings is 1. The van der Waals surface area contributed by atoms with Crippen molar-refractivity contribution in [2.45, 2.75) is 32.2 Å². The van der Waals surface area contributed by atoms with Crippen molar-refractivity contribution in [3.05, 3.63) is 41.2 Å². The number of nitrogens with zero attached hydrogens (tertiary/aromatic N) is 4. The van der Waals surface area contributed by atoms with E-state index in [1.165, 1.54) is 0 Å². The summed E-state index contributed by atoms with van der Waals surface area (Å²) >= 11 is 0. The molecule has 4 heterocycles. The van der Waals surface area contributed by atoms with E-state index in [1.54, 1.807) is 7.11 Å². The molecular formula is C23H28N4O3. The molecule has 0 bridgehead atoms. The lowest BCUT2D eigenvalue weighted by molar-refractivity contribution is 0.168. The molecule has 0 N–H and O–H groups in total. The maximum atomic E-state index is 5.78. The molecule has 0 amide bonds. The molecule has 0 saturated carbocycles. The molecular weight excluding hydrogens is 380 g/mol. The summed E-state index contributed by atoms with van der Waals surface area (Å²) in [7, 11) is 3.68. The molecule has 1 unspecified atom stereocenters. The molecule has 158 valence electrons. The number of methoxy groups -OCH3 is 1. The van der Waals surface area contributed by atoms with Gasteiger partial charge in [-0.05, 0) is 44.5 Å². The van der Waals surface area contributed by atoms with Crippen LogP contribution in [0.25, 0.3) is 11.0 Å². The second kappa shape index (κ2) is 7.80. The average molecular weight is 409 g/mol. The highest BCUT2D eigenvalue weighted by molar-refractivity contribution is 5.78. The van der Waals surface area contributed by atoms with E-state index < -0.39 is 0 Å². The van der Waals surface area contributed by atoms with Gasteiger partial charge in [0.1, 0.15) is 19.0 Å². The minimum absolute atomic E-state index is 0.418. The van der Waals surface area contributed by atoms with E-state index in [4.69, 9.17) is 19.2 Å². The van der Waals surface area contributed by atoms with Crippen molar-refractivity contribution >= 4 is 11.0 Å². The average Bonchev–Trinajstić information content (AvgIpc) is 3.06. The van der Waals surface area contributed by atoms with Crippen LogP contribution >= 0.6 is 0 Å². The van der Waals surface area contributed by atoms with E-state index in [9.17, 15) is 0 Å². The van der Waals surface area contributed by atoms with Crippen molar-refractivity contribution in [2.24, 2.45) is 7.05 Å². The molecule has 1 saturated heterocycles. The fourth-order valence-corrected chi connectivity index (χ4v) is 4.65. The zero-order valence-corrected chi connectivity index (χ0v) is 17.9. The smallest absolute Gasteiger partial charge is 0.165 e. The first-order valence-corrected chi connectivity index (χ1v) is 10.6. The van der Waals surface area contributed by atoms with Gasteiger partial charge in [-0.2, -0.15) is 5.10 Å². The van der Waals surface area contributed by atoms with Gasteiger partial charge >= 0.3 is 0 Å². The highest BCUT2D eigenvalue weighted by Gasteiger charge is 2.25. The summed E-state index contributed by atoms with van der Waals surface area (Å²) in [6, 6.07) is 8.36. The van der Waals surface area contributed by atoms with Gasteiger partial charge in [-0.1, -0.05) is 0 Å². The molecule has 0 radical (unpaired) electrons. The van der Waals surface area contributed by atoms with Gasteiger partial charge in [0.25, 0.3) is 0 Å². The fourth-order valence-electron chi connectivity index (χ4n) is 4.65. The molecule has 1 aromatic carbocycles. The first kappa shape index (κ1) is 19.2. The van der Waals surface area contributed by atoms with Crippen LogP contribution < -0.4 is 14.2 Å². The van der Waals surface area contributed by atoms with Crippen molar-refractivity contribution in [3.8, 4) is 17.2 Å². The molecule has 1 atom stereocenters. The van der Waals surface area contributed by atoms with Gasteiger partial charge < -0.3 is 14.2 Å². The van der Waals surface area contributed by atoms with Crippen LogP contribution in [-0.2, 0) is 13.6 Å². The molecule has 7 heteroatoms. The highest BCUT2D eigenvalue weighted by Crippen LogP contribution is 2.38. The SMILES string of the molecule is COc1cc2c(cc1CN1CCCC(c3ccc4c(C)nn(C)c4n3)C1)OCCO2. The molecule has 2 aliphatic rings. The maximum Gasteiger partial charge on any atom is 0.165 e. The summed E-state index contributed by atoms with van der Waals surface area (Å²) in [6.07, 6.45) is 2.31. The van der Waals surface area contributed by atoms with Crippen LogP contribution in [0.2, 0.25) is 0 Å². The van der Waals surface area contributed by atoms with Gasteiger partial charge in [-0.15, -0.1) is 0 Å². The van der Waals surface area contributed by atoms with E-state index in [2.05, 4.69) is 28.2 Å². The Balaban J connectivity index is 1.37. The van der Waals surface area contributed by atoms with Crippen molar-refractivity contribution in [1.82, 2.24) is 19.7 Å². The fraction of sp³-hybridized carbons (Fsp3) is 0.478. The molecule has 30 heavy (non-hydrogen) atoms. The number of hydrogen-bond donors (Lipinski definition) is 0. The Morgan fingerprint density at radius 2 is 1.97 bits per heavy atom. The third-order valence-corrected chi connectivity index (χ3v) is 6.16. The lowest BCUT2D eigenvalue weighted by Gasteiger charge is -2.33. The molecule has 0 aliphatic carbocycles. The lowest BCUT2D eigenvalue weighted by Crippen LogP contribution is -2.34. The maximum absolute atomic E-state index is 5.78. The first-order valence-electron chi connectivity index (χ1n) is 10.6. The number of fused-ring (bicyclic) bond motifs is 2. The van der Waals surface area contributed by atoms with E-state index in [1.807, 2.05) is 24.7 Å². The number of ether oxygens (including phenoxy) is 3. The summed E-state index contributed by atoms with van der Waals surface area (Å²) in [5.74, 6) is 2.85. The van der Waals surface area contributed by atoms with E-state index in [0.717, 1.165) is 77.7 Å². The summed E-state index contributed by atoms with van der Waals surface area (Å²) in [6.45, 7) is 6.08. The normalized spacial score (nSPS) is 19.2. The summed E-state index contributed by atoms with van der Waals surface area (Å²) < 4.78 is 19.0. The lowest BCUT2D eigenvalue weighted by atomic mass is 9.93. The van der Waals surface area contributed by atoms with Crippen LogP contribution in [0.5, 0.6) is 17.2 Å². The number of likely N-dealkylation sites (tertiary alicyclic amines) is 1. The van der Waals surface area contributed by atoms with E-state index >= 15 is 0 Å². The monoisotopic (exact) mass is 408 g/mol. The van der Waals surface area contributed by atoms with Crippen LogP contribution in [0.1, 0.15) is 35.7 Å². The zero-order chi connectivity index (χ0) is 20.7. The Kier molecular flexibility index (Phi) is 4.98. The van der Waals surface area contributed by atoms with Gasteiger partial charge in [0.2, 0.25) is 0 Å². The van der Waals surface area contributed by atoms with Crippen LogP contribution in [0, 0.1) is 6.92 Å². The Labute approximate surface area is 176 Å². The summed E-state index contributed by atoms with van der Waals surface area (Å²) in [5, 5.41) is 5.64. The minimum atomic E-state index is 0.418. The predicted molar refractivity (Wildman–Crippen MR) is 114 cm³/mol. The number of aryl methyl sites for hydroxylation is 2. The summed E-state index contributed by atoms with van der Waals surface area (Å²) in [5.41, 5.74) is 4.29. The van der Waals surface area contributed by atoms with E-state index in [-0.39, 0.29) is 0 Å². The molecule has 2 aromatic heterocycles. The van der Waals surface area contributed by atoms with Crippen LogP contribution in [0.15, 0.2) is 24.3 Å². The summed E-state index contributed by atoms with van der Waals surface area (Å²) in [4.78, 5) is 7.45. The third kappa shape index (κ3) is 3.47. The largest absolute Gasteiger partial charge is 0.496 e. The molecule has 2 aliphatic heterocycles. The topological polar surface area (TPSA) is 61.6 Å². The van der Waals surface area contributed by atoms with Crippen LogP contribution in [-0.4, -0.2) is 53.1 Å². The van der Waals surface area contributed by atoms with Crippen molar-refractivity contribution in [2.75, 3.05) is 33.4 Å². The first-order chi connectivity index (χ1) is 14.6. The number of rotatable bonds is 4.